The van der Waals surface area contributed by atoms with Gasteiger partial charge in [0.25, 0.3) is 5.56 Å². The smallest absolute Gasteiger partial charge is 0.324 e. The molecule has 0 bridgehead atoms. The summed E-state index contributed by atoms with van der Waals surface area (Å²) < 4.78 is 39.0. The molecular weight excluding hydrogens is 407 g/mol. The molecule has 5 nitrogen and oxygen atoms in total. The van der Waals surface area contributed by atoms with Crippen molar-refractivity contribution in [1.82, 2.24) is 9.55 Å². The lowest BCUT2D eigenvalue weighted by Gasteiger charge is -2.11. The van der Waals surface area contributed by atoms with E-state index in [1.54, 1.807) is 25.1 Å². The maximum Gasteiger partial charge on any atom is 0.416 e. The zero-order valence-electron chi connectivity index (χ0n) is 15.1. The first-order valence-corrected chi connectivity index (χ1v) is 8.82. The van der Waals surface area contributed by atoms with Crippen LogP contribution < -0.4 is 10.9 Å². The fourth-order valence-electron chi connectivity index (χ4n) is 2.62. The molecule has 0 fully saturated rings. The molecule has 0 aliphatic heterocycles. The van der Waals surface area contributed by atoms with E-state index >= 15 is 0 Å². The predicted octanol–water partition coefficient (Wildman–Crippen LogP) is 4.53. The summed E-state index contributed by atoms with van der Waals surface area (Å²) in [6, 6.07) is 10.6. The van der Waals surface area contributed by atoms with Gasteiger partial charge in [-0.05, 0) is 36.8 Å². The average Bonchev–Trinajstić information content (AvgIpc) is 2.66. The molecule has 1 amide bonds. The summed E-state index contributed by atoms with van der Waals surface area (Å²) in [6.45, 7) is 1.48. The highest BCUT2D eigenvalue weighted by Gasteiger charge is 2.30. The van der Waals surface area contributed by atoms with Crippen molar-refractivity contribution in [2.45, 2.75) is 19.6 Å². The van der Waals surface area contributed by atoms with Crippen molar-refractivity contribution in [2.24, 2.45) is 0 Å². The molecule has 0 spiro atoms. The summed E-state index contributed by atoms with van der Waals surface area (Å²) >= 11 is 6.01. The van der Waals surface area contributed by atoms with Crippen LogP contribution in [0.2, 0.25) is 5.02 Å². The standard InChI is InChI=1S/C20H15ClF3N3O2/c1-12-15(21)3-2-4-16(12)26-18(28)10-27-11-25-17(9-19(27)29)13-5-7-14(8-6-13)20(22,23)24/h2-9,11H,10H2,1H3,(H,26,28). The molecule has 0 atom stereocenters. The van der Waals surface area contributed by atoms with Gasteiger partial charge in [-0.1, -0.05) is 29.8 Å². The summed E-state index contributed by atoms with van der Waals surface area (Å²) in [4.78, 5) is 28.6. The van der Waals surface area contributed by atoms with Crippen molar-refractivity contribution < 1.29 is 18.0 Å². The Balaban J connectivity index is 1.75. The second kappa shape index (κ2) is 8.08. The molecule has 3 rings (SSSR count). The van der Waals surface area contributed by atoms with Gasteiger partial charge in [0.15, 0.2) is 0 Å². The van der Waals surface area contributed by atoms with Gasteiger partial charge in [-0.15, -0.1) is 0 Å². The Labute approximate surface area is 168 Å². The van der Waals surface area contributed by atoms with Gasteiger partial charge in [0, 0.05) is 22.3 Å². The Kier molecular flexibility index (Phi) is 5.74. The molecule has 0 saturated carbocycles. The molecule has 2 aromatic carbocycles. The fourth-order valence-corrected chi connectivity index (χ4v) is 2.79. The highest BCUT2D eigenvalue weighted by atomic mass is 35.5. The lowest BCUT2D eigenvalue weighted by molar-refractivity contribution is -0.137. The van der Waals surface area contributed by atoms with Crippen LogP contribution in [0, 0.1) is 6.92 Å². The van der Waals surface area contributed by atoms with E-state index in [-0.39, 0.29) is 12.2 Å². The third kappa shape index (κ3) is 4.83. The summed E-state index contributed by atoms with van der Waals surface area (Å²) in [5, 5.41) is 3.18. The Bertz CT molecular complexity index is 1110. The van der Waals surface area contributed by atoms with E-state index in [1.807, 2.05) is 0 Å². The van der Waals surface area contributed by atoms with Gasteiger partial charge in [0.05, 0.1) is 17.6 Å². The van der Waals surface area contributed by atoms with E-state index in [1.165, 1.54) is 24.5 Å². The van der Waals surface area contributed by atoms with Crippen LogP contribution >= 0.6 is 11.6 Å². The monoisotopic (exact) mass is 421 g/mol. The van der Waals surface area contributed by atoms with E-state index in [0.29, 0.717) is 21.8 Å². The van der Waals surface area contributed by atoms with Crippen LogP contribution in [0.5, 0.6) is 0 Å². The second-order valence-corrected chi connectivity index (χ2v) is 6.68. The first kappa shape index (κ1) is 20.6. The Morgan fingerprint density at radius 3 is 2.48 bits per heavy atom. The number of amides is 1. The molecule has 0 aliphatic rings. The largest absolute Gasteiger partial charge is 0.416 e. The van der Waals surface area contributed by atoms with Crippen LogP contribution in [0.3, 0.4) is 0 Å². The van der Waals surface area contributed by atoms with Crippen LogP contribution in [-0.2, 0) is 17.5 Å². The van der Waals surface area contributed by atoms with Gasteiger partial charge in [0.2, 0.25) is 5.91 Å². The summed E-state index contributed by atoms with van der Waals surface area (Å²) in [7, 11) is 0. The number of aromatic nitrogens is 2. The molecule has 0 unspecified atom stereocenters. The normalized spacial score (nSPS) is 11.3. The molecule has 150 valence electrons. The van der Waals surface area contributed by atoms with Gasteiger partial charge in [-0.25, -0.2) is 4.98 Å². The highest BCUT2D eigenvalue weighted by molar-refractivity contribution is 6.31. The Morgan fingerprint density at radius 2 is 1.86 bits per heavy atom. The highest BCUT2D eigenvalue weighted by Crippen LogP contribution is 2.30. The van der Waals surface area contributed by atoms with Gasteiger partial charge in [-0.3, -0.25) is 14.2 Å². The number of nitrogens with zero attached hydrogens (tertiary/aromatic N) is 2. The number of nitrogens with one attached hydrogen (secondary N) is 1. The minimum absolute atomic E-state index is 0.214. The number of carbonyl (C=O) groups is 1. The molecule has 1 heterocycles. The third-order valence-corrected chi connectivity index (χ3v) is 4.65. The molecule has 1 aromatic heterocycles. The quantitative estimate of drug-likeness (QED) is 0.673. The maximum absolute atomic E-state index is 12.6. The molecule has 1 N–H and O–H groups in total. The number of halogens is 4. The summed E-state index contributed by atoms with van der Waals surface area (Å²) in [5.74, 6) is -0.443. The van der Waals surface area contributed by atoms with Crippen molar-refractivity contribution in [3.8, 4) is 11.3 Å². The van der Waals surface area contributed by atoms with Crippen molar-refractivity contribution in [3.63, 3.8) is 0 Å². The first-order valence-electron chi connectivity index (χ1n) is 8.44. The topological polar surface area (TPSA) is 64.0 Å². The van der Waals surface area contributed by atoms with Crippen molar-refractivity contribution >= 4 is 23.2 Å². The third-order valence-electron chi connectivity index (χ3n) is 4.24. The fraction of sp³-hybridized carbons (Fsp3) is 0.150. The molecule has 9 heteroatoms. The van der Waals surface area contributed by atoms with Crippen LogP contribution in [0.25, 0.3) is 11.3 Å². The number of benzene rings is 2. The molecule has 29 heavy (non-hydrogen) atoms. The second-order valence-electron chi connectivity index (χ2n) is 6.28. The molecular formula is C20H15ClF3N3O2. The number of rotatable bonds is 4. The zero-order valence-corrected chi connectivity index (χ0v) is 15.9. The molecule has 0 saturated heterocycles. The van der Waals surface area contributed by atoms with Gasteiger partial charge in [0.1, 0.15) is 6.54 Å². The minimum atomic E-state index is -4.44. The van der Waals surface area contributed by atoms with Crippen molar-refractivity contribution in [1.29, 1.82) is 0 Å². The number of alkyl halides is 3. The van der Waals surface area contributed by atoms with Crippen LogP contribution in [0.1, 0.15) is 11.1 Å². The lowest BCUT2D eigenvalue weighted by atomic mass is 10.1. The van der Waals surface area contributed by atoms with Gasteiger partial charge < -0.3 is 5.32 Å². The van der Waals surface area contributed by atoms with Crippen molar-refractivity contribution in [2.75, 3.05) is 5.32 Å². The maximum atomic E-state index is 12.6. The van der Waals surface area contributed by atoms with Crippen LogP contribution in [0.4, 0.5) is 18.9 Å². The Morgan fingerprint density at radius 1 is 1.17 bits per heavy atom. The molecule has 0 radical (unpaired) electrons. The molecule has 3 aromatic rings. The van der Waals surface area contributed by atoms with E-state index in [4.69, 9.17) is 11.6 Å². The zero-order chi connectivity index (χ0) is 21.2. The number of hydrogen-bond acceptors (Lipinski definition) is 3. The van der Waals surface area contributed by atoms with E-state index in [2.05, 4.69) is 10.3 Å². The van der Waals surface area contributed by atoms with E-state index < -0.39 is 23.2 Å². The van der Waals surface area contributed by atoms with E-state index in [9.17, 15) is 22.8 Å². The van der Waals surface area contributed by atoms with Gasteiger partial charge in [-0.2, -0.15) is 13.2 Å². The number of hydrogen-bond donors (Lipinski definition) is 1. The first-order chi connectivity index (χ1) is 13.6. The van der Waals surface area contributed by atoms with Crippen LogP contribution in [0.15, 0.2) is 59.7 Å². The average molecular weight is 422 g/mol. The number of anilines is 1. The van der Waals surface area contributed by atoms with Crippen LogP contribution in [-0.4, -0.2) is 15.5 Å². The van der Waals surface area contributed by atoms with E-state index in [0.717, 1.165) is 16.7 Å². The Hall–Kier alpha value is -3.13. The summed E-state index contributed by atoms with van der Waals surface area (Å²) in [5.41, 5.74) is 0.512. The predicted molar refractivity (Wildman–Crippen MR) is 104 cm³/mol. The SMILES string of the molecule is Cc1c(Cl)cccc1NC(=O)Cn1cnc(-c2ccc(C(F)(F)F)cc2)cc1=O. The molecule has 0 aliphatic carbocycles. The van der Waals surface area contributed by atoms with Gasteiger partial charge >= 0.3 is 6.18 Å². The minimum Gasteiger partial charge on any atom is -0.324 e. The number of carbonyl (C=O) groups excluding carboxylic acids is 1. The van der Waals surface area contributed by atoms with Crippen molar-refractivity contribution in [3.05, 3.63) is 81.4 Å². The lowest BCUT2D eigenvalue weighted by Crippen LogP contribution is -2.27. The summed E-state index contributed by atoms with van der Waals surface area (Å²) in [6.07, 6.45) is -3.26.